The minimum absolute atomic E-state index is 0.345. The molecule has 0 bridgehead atoms. The second-order valence-corrected chi connectivity index (χ2v) is 6.53. The molecule has 0 unspecified atom stereocenters. The van der Waals surface area contributed by atoms with Crippen LogP contribution in [0.5, 0.6) is 0 Å². The quantitative estimate of drug-likeness (QED) is 0.746. The summed E-state index contributed by atoms with van der Waals surface area (Å²) in [6.07, 6.45) is 7.10. The molecule has 4 nitrogen and oxygen atoms in total. The maximum absolute atomic E-state index is 4.63. The molecule has 0 aliphatic heterocycles. The third-order valence-electron chi connectivity index (χ3n) is 4.72. The van der Waals surface area contributed by atoms with E-state index >= 15 is 0 Å². The Morgan fingerprint density at radius 3 is 2.48 bits per heavy atom. The van der Waals surface area contributed by atoms with Gasteiger partial charge in [0.1, 0.15) is 5.82 Å². The summed E-state index contributed by atoms with van der Waals surface area (Å²) in [5, 5.41) is 3.41. The van der Waals surface area contributed by atoms with Gasteiger partial charge in [-0.05, 0) is 58.0 Å². The summed E-state index contributed by atoms with van der Waals surface area (Å²) in [5.41, 5.74) is 1.60. The number of rotatable bonds is 8. The molecule has 0 aromatic carbocycles. The molecule has 1 heterocycles. The van der Waals surface area contributed by atoms with E-state index in [2.05, 4.69) is 60.3 Å². The molecule has 1 aliphatic rings. The Hall–Kier alpha value is -1.13. The van der Waals surface area contributed by atoms with Crippen molar-refractivity contribution < 1.29 is 0 Å². The lowest BCUT2D eigenvalue weighted by Crippen LogP contribution is -2.56. The van der Waals surface area contributed by atoms with Gasteiger partial charge in [-0.25, -0.2) is 4.98 Å². The fourth-order valence-corrected chi connectivity index (χ4v) is 3.01. The van der Waals surface area contributed by atoms with Crippen molar-refractivity contribution in [2.24, 2.45) is 0 Å². The van der Waals surface area contributed by atoms with Gasteiger partial charge in [0.2, 0.25) is 0 Å². The number of anilines is 1. The lowest BCUT2D eigenvalue weighted by molar-refractivity contribution is 0.0682. The summed E-state index contributed by atoms with van der Waals surface area (Å²) >= 11 is 0. The smallest absolute Gasteiger partial charge is 0.128 e. The third kappa shape index (κ3) is 3.95. The Bertz CT molecular complexity index is 423. The van der Waals surface area contributed by atoms with Gasteiger partial charge in [0.05, 0.1) is 0 Å². The van der Waals surface area contributed by atoms with Crippen molar-refractivity contribution in [3.63, 3.8) is 0 Å². The Morgan fingerprint density at radius 2 is 2.00 bits per heavy atom. The molecule has 21 heavy (non-hydrogen) atoms. The van der Waals surface area contributed by atoms with Gasteiger partial charge < -0.3 is 15.1 Å². The van der Waals surface area contributed by atoms with Crippen molar-refractivity contribution in [3.8, 4) is 0 Å². The van der Waals surface area contributed by atoms with Crippen LogP contribution in [-0.4, -0.2) is 49.7 Å². The van der Waals surface area contributed by atoms with E-state index in [9.17, 15) is 0 Å². The van der Waals surface area contributed by atoms with E-state index in [1.807, 2.05) is 6.20 Å². The highest BCUT2D eigenvalue weighted by Crippen LogP contribution is 2.37. The van der Waals surface area contributed by atoms with Crippen molar-refractivity contribution in [3.05, 3.63) is 23.9 Å². The predicted molar refractivity (Wildman–Crippen MR) is 89.8 cm³/mol. The topological polar surface area (TPSA) is 31.4 Å². The monoisotopic (exact) mass is 290 g/mol. The third-order valence-corrected chi connectivity index (χ3v) is 4.72. The standard InChI is InChI=1S/C17H30N4/c1-5-11-18-12-15-7-8-16(19-13-15)21(4)14-17(20(2)3)9-6-10-17/h7-8,13,18H,5-6,9-12,14H2,1-4H3. The first-order chi connectivity index (χ1) is 10.1. The number of likely N-dealkylation sites (N-methyl/N-ethyl adjacent to an activating group) is 2. The highest BCUT2D eigenvalue weighted by molar-refractivity contribution is 5.39. The van der Waals surface area contributed by atoms with E-state index in [4.69, 9.17) is 0 Å². The van der Waals surface area contributed by atoms with E-state index in [1.165, 1.54) is 31.2 Å². The molecule has 1 aromatic rings. The summed E-state index contributed by atoms with van der Waals surface area (Å²) in [6, 6.07) is 4.33. The molecule has 0 amide bonds. The van der Waals surface area contributed by atoms with Gasteiger partial charge in [-0.2, -0.15) is 0 Å². The number of pyridine rings is 1. The fourth-order valence-electron chi connectivity index (χ4n) is 3.01. The summed E-state index contributed by atoms with van der Waals surface area (Å²) in [4.78, 5) is 9.31. The van der Waals surface area contributed by atoms with Crippen LogP contribution in [0.2, 0.25) is 0 Å². The summed E-state index contributed by atoms with van der Waals surface area (Å²) in [5.74, 6) is 1.07. The second-order valence-electron chi connectivity index (χ2n) is 6.53. The molecule has 1 fully saturated rings. The van der Waals surface area contributed by atoms with E-state index in [0.717, 1.165) is 25.5 Å². The van der Waals surface area contributed by atoms with Gasteiger partial charge in [-0.15, -0.1) is 0 Å². The molecule has 4 heteroatoms. The van der Waals surface area contributed by atoms with Crippen molar-refractivity contribution in [2.45, 2.75) is 44.7 Å². The molecular weight excluding hydrogens is 260 g/mol. The number of aromatic nitrogens is 1. The molecule has 1 aliphatic carbocycles. The second kappa shape index (κ2) is 7.23. The van der Waals surface area contributed by atoms with Crippen LogP contribution < -0.4 is 10.2 Å². The highest BCUT2D eigenvalue weighted by Gasteiger charge is 2.40. The van der Waals surface area contributed by atoms with E-state index in [-0.39, 0.29) is 0 Å². The molecule has 118 valence electrons. The normalized spacial score (nSPS) is 16.8. The van der Waals surface area contributed by atoms with Crippen LogP contribution in [0.1, 0.15) is 38.2 Å². The first-order valence-corrected chi connectivity index (χ1v) is 8.11. The van der Waals surface area contributed by atoms with Crippen LogP contribution in [0.4, 0.5) is 5.82 Å². The average molecular weight is 290 g/mol. The van der Waals surface area contributed by atoms with Gasteiger partial charge >= 0.3 is 0 Å². The maximum atomic E-state index is 4.63. The molecule has 1 aromatic heterocycles. The van der Waals surface area contributed by atoms with Crippen molar-refractivity contribution in [1.82, 2.24) is 15.2 Å². The number of hydrogen-bond acceptors (Lipinski definition) is 4. The van der Waals surface area contributed by atoms with Gasteiger partial charge in [-0.3, -0.25) is 0 Å². The van der Waals surface area contributed by atoms with Crippen molar-refractivity contribution in [1.29, 1.82) is 0 Å². The Balaban J connectivity index is 1.92. The van der Waals surface area contributed by atoms with Gasteiger partial charge in [0.25, 0.3) is 0 Å². The zero-order valence-electron chi connectivity index (χ0n) is 14.0. The summed E-state index contributed by atoms with van der Waals surface area (Å²) in [7, 11) is 6.55. The van der Waals surface area contributed by atoms with Crippen LogP contribution in [0.25, 0.3) is 0 Å². The van der Waals surface area contributed by atoms with Crippen molar-refractivity contribution in [2.75, 3.05) is 39.1 Å². The lowest BCUT2D eigenvalue weighted by Gasteiger charge is -2.49. The Kier molecular flexibility index (Phi) is 5.59. The molecular formula is C17H30N4. The predicted octanol–water partition coefficient (Wildman–Crippen LogP) is 2.50. The Labute approximate surface area is 129 Å². The molecule has 0 saturated heterocycles. The first-order valence-electron chi connectivity index (χ1n) is 8.11. The molecule has 2 rings (SSSR count). The fraction of sp³-hybridized carbons (Fsp3) is 0.706. The number of nitrogens with one attached hydrogen (secondary N) is 1. The van der Waals surface area contributed by atoms with Gasteiger partial charge in [0.15, 0.2) is 0 Å². The Morgan fingerprint density at radius 1 is 1.24 bits per heavy atom. The van der Waals surface area contributed by atoms with Crippen LogP contribution >= 0.6 is 0 Å². The summed E-state index contributed by atoms with van der Waals surface area (Å²) in [6.45, 7) is 5.21. The zero-order chi connectivity index (χ0) is 15.3. The van der Waals surface area contributed by atoms with E-state index < -0.39 is 0 Å². The molecule has 0 atom stereocenters. The van der Waals surface area contributed by atoms with Crippen LogP contribution in [0, 0.1) is 0 Å². The van der Waals surface area contributed by atoms with Crippen LogP contribution in [0.3, 0.4) is 0 Å². The lowest BCUT2D eigenvalue weighted by atomic mass is 9.75. The molecule has 1 N–H and O–H groups in total. The van der Waals surface area contributed by atoms with Gasteiger partial charge in [0, 0.05) is 31.9 Å². The molecule has 0 radical (unpaired) electrons. The van der Waals surface area contributed by atoms with E-state index in [1.54, 1.807) is 0 Å². The first kappa shape index (κ1) is 16.2. The average Bonchev–Trinajstić information content (AvgIpc) is 2.43. The number of hydrogen-bond donors (Lipinski definition) is 1. The van der Waals surface area contributed by atoms with Gasteiger partial charge in [-0.1, -0.05) is 13.0 Å². The maximum Gasteiger partial charge on any atom is 0.128 e. The summed E-state index contributed by atoms with van der Waals surface area (Å²) < 4.78 is 0. The molecule has 1 saturated carbocycles. The largest absolute Gasteiger partial charge is 0.358 e. The highest BCUT2D eigenvalue weighted by atomic mass is 15.2. The van der Waals surface area contributed by atoms with E-state index in [0.29, 0.717) is 5.54 Å². The zero-order valence-corrected chi connectivity index (χ0v) is 14.0. The van der Waals surface area contributed by atoms with Crippen LogP contribution in [0.15, 0.2) is 18.3 Å². The minimum atomic E-state index is 0.345. The minimum Gasteiger partial charge on any atom is -0.358 e. The molecule has 0 spiro atoms. The van der Waals surface area contributed by atoms with Crippen LogP contribution in [-0.2, 0) is 6.54 Å². The number of nitrogens with zero attached hydrogens (tertiary/aromatic N) is 3. The SMILES string of the molecule is CCCNCc1ccc(N(C)CC2(N(C)C)CCC2)nc1. The van der Waals surface area contributed by atoms with Crippen molar-refractivity contribution >= 4 is 5.82 Å².